The highest BCUT2D eigenvalue weighted by molar-refractivity contribution is 6.01. The lowest BCUT2D eigenvalue weighted by Crippen LogP contribution is -2.37. The van der Waals surface area contributed by atoms with Gasteiger partial charge in [0.25, 0.3) is 11.6 Å². The normalized spacial score (nSPS) is 12.0. The molecule has 116 valence electrons. The predicted molar refractivity (Wildman–Crippen MR) is 72.3 cm³/mol. The Morgan fingerprint density at radius 2 is 2.24 bits per heavy atom. The summed E-state index contributed by atoms with van der Waals surface area (Å²) in [5.41, 5.74) is 3.82. The number of carbonyl (C=O) groups excluding carboxylic acids is 1. The number of nitrogens with two attached hydrogens (primary N) is 1. The van der Waals surface area contributed by atoms with Crippen LogP contribution in [-0.4, -0.2) is 54.3 Å². The van der Waals surface area contributed by atoms with Crippen LogP contribution < -0.4 is 5.73 Å². The van der Waals surface area contributed by atoms with Gasteiger partial charge in [0, 0.05) is 26.8 Å². The van der Waals surface area contributed by atoms with Crippen LogP contribution in [0.4, 0.5) is 15.8 Å². The highest BCUT2D eigenvalue weighted by Crippen LogP contribution is 2.28. The van der Waals surface area contributed by atoms with Crippen LogP contribution in [0.5, 0.6) is 0 Å². The van der Waals surface area contributed by atoms with E-state index in [9.17, 15) is 24.4 Å². The van der Waals surface area contributed by atoms with Gasteiger partial charge in [-0.05, 0) is 6.07 Å². The zero-order valence-corrected chi connectivity index (χ0v) is 11.6. The molecule has 8 nitrogen and oxygen atoms in total. The third-order valence-electron chi connectivity index (χ3n) is 2.77. The van der Waals surface area contributed by atoms with E-state index in [1.807, 2.05) is 0 Å². The van der Waals surface area contributed by atoms with Gasteiger partial charge >= 0.3 is 0 Å². The first-order valence-corrected chi connectivity index (χ1v) is 5.94. The topological polar surface area (TPSA) is 119 Å². The Hall–Kier alpha value is -2.26. The highest BCUT2D eigenvalue weighted by Gasteiger charge is 2.26. The summed E-state index contributed by atoms with van der Waals surface area (Å²) in [6.07, 6.45) is -0.966. The van der Waals surface area contributed by atoms with E-state index in [2.05, 4.69) is 0 Å². The first kappa shape index (κ1) is 16.8. The molecule has 0 bridgehead atoms. The van der Waals surface area contributed by atoms with E-state index in [-0.39, 0.29) is 13.2 Å². The number of anilines is 1. The predicted octanol–water partition coefficient (Wildman–Crippen LogP) is 0.395. The second kappa shape index (κ2) is 6.95. The minimum atomic E-state index is -0.966. The van der Waals surface area contributed by atoms with Crippen LogP contribution in [0.3, 0.4) is 0 Å². The third-order valence-corrected chi connectivity index (χ3v) is 2.77. The molecule has 0 aliphatic rings. The quantitative estimate of drug-likeness (QED) is 0.446. The number of nitro groups is 1. The average Bonchev–Trinajstić information content (AvgIpc) is 2.38. The van der Waals surface area contributed by atoms with Crippen LogP contribution in [0.2, 0.25) is 0 Å². The molecule has 0 spiro atoms. The maximum atomic E-state index is 13.8. The number of nitrogens with zero attached hydrogens (tertiary/aromatic N) is 2. The van der Waals surface area contributed by atoms with Gasteiger partial charge in [0.1, 0.15) is 17.1 Å². The first-order chi connectivity index (χ1) is 9.79. The van der Waals surface area contributed by atoms with Crippen molar-refractivity contribution in [1.82, 2.24) is 4.90 Å². The molecule has 0 saturated carbocycles. The number of carbonyl (C=O) groups is 1. The van der Waals surface area contributed by atoms with Gasteiger partial charge in [-0.15, -0.1) is 0 Å². The van der Waals surface area contributed by atoms with E-state index in [1.165, 1.54) is 14.2 Å². The fourth-order valence-corrected chi connectivity index (χ4v) is 1.79. The molecule has 1 unspecified atom stereocenters. The van der Waals surface area contributed by atoms with Gasteiger partial charge in [-0.1, -0.05) is 0 Å². The number of benzene rings is 1. The van der Waals surface area contributed by atoms with E-state index in [1.54, 1.807) is 0 Å². The number of methoxy groups -OCH3 is 1. The summed E-state index contributed by atoms with van der Waals surface area (Å²) >= 11 is 0. The zero-order valence-electron chi connectivity index (χ0n) is 11.6. The summed E-state index contributed by atoms with van der Waals surface area (Å²) in [4.78, 5) is 23.1. The Kier molecular flexibility index (Phi) is 5.56. The van der Waals surface area contributed by atoms with Crippen molar-refractivity contribution in [2.45, 2.75) is 6.10 Å². The van der Waals surface area contributed by atoms with Crippen LogP contribution in [0.1, 0.15) is 10.4 Å². The SMILES string of the molecule is COCC(O)CN(C)C(=O)c1c(F)ccc([N+](=O)[O-])c1N. The van der Waals surface area contributed by atoms with Gasteiger partial charge in [-0.2, -0.15) is 0 Å². The molecule has 3 N–H and O–H groups in total. The van der Waals surface area contributed by atoms with E-state index >= 15 is 0 Å². The van der Waals surface area contributed by atoms with Crippen molar-refractivity contribution in [2.24, 2.45) is 0 Å². The molecule has 0 aliphatic carbocycles. The Labute approximate surface area is 120 Å². The number of likely N-dealkylation sites (N-methyl/N-ethyl adjacent to an activating group) is 1. The largest absolute Gasteiger partial charge is 0.392 e. The number of halogens is 1. The van der Waals surface area contributed by atoms with Gasteiger partial charge in [-0.3, -0.25) is 14.9 Å². The molecule has 0 saturated heterocycles. The lowest BCUT2D eigenvalue weighted by molar-refractivity contribution is -0.384. The molecule has 0 aromatic heterocycles. The van der Waals surface area contributed by atoms with Crippen molar-refractivity contribution >= 4 is 17.3 Å². The third kappa shape index (κ3) is 3.86. The number of nitro benzene ring substituents is 1. The smallest absolute Gasteiger partial charge is 0.293 e. The minimum absolute atomic E-state index is 0.00940. The molecule has 21 heavy (non-hydrogen) atoms. The molecule has 1 atom stereocenters. The fourth-order valence-electron chi connectivity index (χ4n) is 1.79. The number of ether oxygens (including phenoxy) is 1. The van der Waals surface area contributed by atoms with E-state index in [0.29, 0.717) is 0 Å². The molecule has 0 heterocycles. The van der Waals surface area contributed by atoms with Gasteiger partial charge in [0.2, 0.25) is 0 Å². The van der Waals surface area contributed by atoms with Gasteiger partial charge in [-0.25, -0.2) is 4.39 Å². The number of rotatable bonds is 6. The van der Waals surface area contributed by atoms with E-state index < -0.39 is 39.7 Å². The Morgan fingerprint density at radius 1 is 1.62 bits per heavy atom. The Morgan fingerprint density at radius 3 is 2.76 bits per heavy atom. The van der Waals surface area contributed by atoms with Crippen molar-refractivity contribution in [3.8, 4) is 0 Å². The minimum Gasteiger partial charge on any atom is -0.392 e. The van der Waals surface area contributed by atoms with Crippen LogP contribution >= 0.6 is 0 Å². The molecular formula is C12H16FN3O5. The van der Waals surface area contributed by atoms with Crippen LogP contribution in [-0.2, 0) is 4.74 Å². The monoisotopic (exact) mass is 301 g/mol. The summed E-state index contributed by atoms with van der Waals surface area (Å²) < 4.78 is 18.5. The summed E-state index contributed by atoms with van der Waals surface area (Å²) in [5.74, 6) is -1.82. The zero-order chi connectivity index (χ0) is 16.2. The van der Waals surface area contributed by atoms with Crippen molar-refractivity contribution in [2.75, 3.05) is 33.0 Å². The number of hydrogen-bond acceptors (Lipinski definition) is 6. The van der Waals surface area contributed by atoms with E-state index in [0.717, 1.165) is 17.0 Å². The average molecular weight is 301 g/mol. The van der Waals surface area contributed by atoms with Crippen molar-refractivity contribution in [3.63, 3.8) is 0 Å². The standard InChI is InChI=1S/C12H16FN3O5/c1-15(5-7(17)6-21-2)12(18)10-8(13)3-4-9(11(10)14)16(19)20/h3-4,7,17H,5-6,14H2,1-2H3. The molecule has 1 amide bonds. The summed E-state index contributed by atoms with van der Waals surface area (Å²) in [5, 5.41) is 20.3. The lowest BCUT2D eigenvalue weighted by Gasteiger charge is -2.21. The molecule has 1 aromatic rings. The number of aliphatic hydroxyl groups excluding tert-OH is 1. The number of aliphatic hydroxyl groups is 1. The lowest BCUT2D eigenvalue weighted by atomic mass is 10.1. The molecule has 0 aliphatic heterocycles. The summed E-state index contributed by atoms with van der Waals surface area (Å²) in [6.45, 7) is -0.140. The first-order valence-electron chi connectivity index (χ1n) is 5.94. The van der Waals surface area contributed by atoms with E-state index in [4.69, 9.17) is 10.5 Å². The van der Waals surface area contributed by atoms with Crippen LogP contribution in [0.25, 0.3) is 0 Å². The molecular weight excluding hydrogens is 285 g/mol. The van der Waals surface area contributed by atoms with Crippen LogP contribution in [0, 0.1) is 15.9 Å². The van der Waals surface area contributed by atoms with Gasteiger partial charge < -0.3 is 20.5 Å². The van der Waals surface area contributed by atoms with Crippen molar-refractivity contribution in [1.29, 1.82) is 0 Å². The Balaban J connectivity index is 3.07. The molecule has 1 rings (SSSR count). The van der Waals surface area contributed by atoms with Crippen LogP contribution in [0.15, 0.2) is 12.1 Å². The molecule has 1 aromatic carbocycles. The summed E-state index contributed by atoms with van der Waals surface area (Å²) in [7, 11) is 2.70. The fraction of sp³-hybridized carbons (Fsp3) is 0.417. The highest BCUT2D eigenvalue weighted by atomic mass is 19.1. The second-order valence-corrected chi connectivity index (χ2v) is 4.41. The number of hydrogen-bond donors (Lipinski definition) is 2. The van der Waals surface area contributed by atoms with Gasteiger partial charge in [0.15, 0.2) is 0 Å². The Bertz CT molecular complexity index is 552. The number of amides is 1. The maximum Gasteiger partial charge on any atom is 0.293 e. The van der Waals surface area contributed by atoms with Crippen molar-refractivity contribution < 1.29 is 24.0 Å². The maximum absolute atomic E-state index is 13.8. The number of nitrogen functional groups attached to an aromatic ring is 1. The molecule has 0 radical (unpaired) electrons. The molecule has 9 heteroatoms. The summed E-state index contributed by atoms with van der Waals surface area (Å²) in [6, 6.07) is 1.70. The second-order valence-electron chi connectivity index (χ2n) is 4.41. The van der Waals surface area contributed by atoms with Gasteiger partial charge in [0.05, 0.1) is 17.6 Å². The van der Waals surface area contributed by atoms with Crippen molar-refractivity contribution in [3.05, 3.63) is 33.6 Å². The molecule has 0 fully saturated rings.